The molecule has 94 valence electrons. The minimum atomic E-state index is 0.747. The van der Waals surface area contributed by atoms with E-state index in [1.165, 1.54) is 45.1 Å². The Morgan fingerprint density at radius 1 is 1.24 bits per heavy atom. The highest BCUT2D eigenvalue weighted by Crippen LogP contribution is 2.35. The number of piperidine rings is 1. The van der Waals surface area contributed by atoms with Crippen LogP contribution in [-0.4, -0.2) is 27.6 Å². The van der Waals surface area contributed by atoms with E-state index in [4.69, 9.17) is 4.52 Å². The molecule has 0 spiro atoms. The van der Waals surface area contributed by atoms with Gasteiger partial charge in [-0.1, -0.05) is 18.0 Å². The molecular formula is C13H21N3O. The molecule has 17 heavy (non-hydrogen) atoms. The third kappa shape index (κ3) is 2.37. The zero-order valence-electron chi connectivity index (χ0n) is 10.6. The minimum absolute atomic E-state index is 0.747. The predicted octanol–water partition coefficient (Wildman–Crippen LogP) is 2.53. The molecular weight excluding hydrogens is 214 g/mol. The highest BCUT2D eigenvalue weighted by atomic mass is 16.5. The molecule has 2 atom stereocenters. The molecule has 1 aromatic heterocycles. The van der Waals surface area contributed by atoms with E-state index in [1.54, 1.807) is 0 Å². The second kappa shape index (κ2) is 4.77. The largest absolute Gasteiger partial charge is 0.338 e. The zero-order valence-corrected chi connectivity index (χ0v) is 10.6. The summed E-state index contributed by atoms with van der Waals surface area (Å²) in [5.74, 6) is 2.45. The molecule has 2 heterocycles. The normalized spacial score (nSPS) is 30.2. The Morgan fingerprint density at radius 2 is 2.06 bits per heavy atom. The predicted molar refractivity (Wildman–Crippen MR) is 64.4 cm³/mol. The van der Waals surface area contributed by atoms with Crippen molar-refractivity contribution in [3.8, 4) is 0 Å². The second-order valence-electron chi connectivity index (χ2n) is 5.46. The van der Waals surface area contributed by atoms with Crippen molar-refractivity contribution in [2.24, 2.45) is 5.92 Å². The number of hydrogen-bond donors (Lipinski definition) is 0. The van der Waals surface area contributed by atoms with Crippen LogP contribution in [0.2, 0.25) is 0 Å². The third-order valence-electron chi connectivity index (χ3n) is 4.27. The number of aryl methyl sites for hydroxylation is 1. The Balaban J connectivity index is 1.68. The summed E-state index contributed by atoms with van der Waals surface area (Å²) in [6.07, 6.45) is 8.34. The summed E-state index contributed by atoms with van der Waals surface area (Å²) >= 11 is 0. The molecule has 0 bridgehead atoms. The van der Waals surface area contributed by atoms with Gasteiger partial charge in [-0.05, 0) is 45.1 Å². The van der Waals surface area contributed by atoms with E-state index >= 15 is 0 Å². The number of likely N-dealkylation sites (tertiary alicyclic amines) is 1. The molecule has 1 aliphatic heterocycles. The summed E-state index contributed by atoms with van der Waals surface area (Å²) in [6, 6.07) is 0.768. The lowest BCUT2D eigenvalue weighted by Crippen LogP contribution is -2.46. The lowest BCUT2D eigenvalue weighted by atomic mass is 9.78. The maximum Gasteiger partial charge on any atom is 0.240 e. The van der Waals surface area contributed by atoms with Crippen molar-refractivity contribution in [1.82, 2.24) is 15.0 Å². The van der Waals surface area contributed by atoms with E-state index in [0.29, 0.717) is 0 Å². The molecule has 1 aliphatic carbocycles. The van der Waals surface area contributed by atoms with Gasteiger partial charge in [0, 0.05) is 6.04 Å². The van der Waals surface area contributed by atoms with Crippen molar-refractivity contribution >= 4 is 0 Å². The van der Waals surface area contributed by atoms with Crippen molar-refractivity contribution in [2.45, 2.75) is 58.0 Å². The van der Waals surface area contributed by atoms with Gasteiger partial charge < -0.3 is 4.52 Å². The number of aromatic nitrogens is 2. The monoisotopic (exact) mass is 235 g/mol. The minimum Gasteiger partial charge on any atom is -0.338 e. The first-order chi connectivity index (χ1) is 8.33. The van der Waals surface area contributed by atoms with E-state index in [9.17, 15) is 0 Å². The molecule has 0 unspecified atom stereocenters. The number of fused-ring (bicyclic) bond motifs is 1. The van der Waals surface area contributed by atoms with Gasteiger partial charge in [-0.15, -0.1) is 0 Å². The summed E-state index contributed by atoms with van der Waals surface area (Å²) in [6.45, 7) is 3.93. The highest BCUT2D eigenvalue weighted by molar-refractivity contribution is 4.90. The van der Waals surface area contributed by atoms with Gasteiger partial charge in [0.1, 0.15) is 0 Å². The average Bonchev–Trinajstić information content (AvgIpc) is 2.75. The molecule has 0 aromatic carbocycles. The molecule has 2 fully saturated rings. The number of hydrogen-bond acceptors (Lipinski definition) is 4. The number of rotatable bonds is 2. The Labute approximate surface area is 102 Å². The van der Waals surface area contributed by atoms with Crippen molar-refractivity contribution in [3.05, 3.63) is 11.7 Å². The first kappa shape index (κ1) is 11.2. The van der Waals surface area contributed by atoms with Crippen molar-refractivity contribution in [2.75, 3.05) is 6.54 Å². The average molecular weight is 235 g/mol. The summed E-state index contributed by atoms with van der Waals surface area (Å²) in [7, 11) is 0. The van der Waals surface area contributed by atoms with Gasteiger partial charge in [-0.2, -0.15) is 4.98 Å². The lowest BCUT2D eigenvalue weighted by Gasteiger charge is -2.43. The third-order valence-corrected chi connectivity index (χ3v) is 4.27. The van der Waals surface area contributed by atoms with Crippen LogP contribution in [0.25, 0.3) is 0 Å². The maximum atomic E-state index is 5.24. The summed E-state index contributed by atoms with van der Waals surface area (Å²) < 4.78 is 5.24. The van der Waals surface area contributed by atoms with E-state index < -0.39 is 0 Å². The number of nitrogens with zero attached hydrogens (tertiary/aromatic N) is 3. The Hall–Kier alpha value is -0.900. The summed E-state index contributed by atoms with van der Waals surface area (Å²) in [5, 5.41) is 3.87. The molecule has 0 amide bonds. The molecule has 1 aromatic rings. The molecule has 0 radical (unpaired) electrons. The molecule has 2 aliphatic rings. The molecule has 3 rings (SSSR count). The van der Waals surface area contributed by atoms with Gasteiger partial charge in [-0.3, -0.25) is 4.90 Å². The summed E-state index contributed by atoms with van der Waals surface area (Å²) in [5.41, 5.74) is 0. The molecule has 4 heteroatoms. The van der Waals surface area contributed by atoms with Crippen molar-refractivity contribution in [1.29, 1.82) is 0 Å². The van der Waals surface area contributed by atoms with Crippen molar-refractivity contribution in [3.63, 3.8) is 0 Å². The standard InChI is InChI=1S/C13H21N3O/c1-10-14-13(17-15-10)9-16-8-4-6-11-5-2-3-7-12(11)16/h11-12H,2-9H2,1H3/t11-,12-/m0/s1. The van der Waals surface area contributed by atoms with E-state index in [0.717, 1.165) is 30.2 Å². The quantitative estimate of drug-likeness (QED) is 0.790. The smallest absolute Gasteiger partial charge is 0.240 e. The van der Waals surface area contributed by atoms with Gasteiger partial charge in [0.2, 0.25) is 5.89 Å². The summed E-state index contributed by atoms with van der Waals surface area (Å²) in [4.78, 5) is 6.89. The zero-order chi connectivity index (χ0) is 11.7. The SMILES string of the molecule is Cc1noc(CN2CCC[C@@H]3CCCC[C@@H]32)n1. The molecule has 1 saturated heterocycles. The van der Waals surface area contributed by atoms with Gasteiger partial charge in [0.15, 0.2) is 5.82 Å². The van der Waals surface area contributed by atoms with E-state index in [1.807, 2.05) is 6.92 Å². The molecule has 0 N–H and O–H groups in total. The van der Waals surface area contributed by atoms with Crippen LogP contribution in [0.15, 0.2) is 4.52 Å². The van der Waals surface area contributed by atoms with Crippen LogP contribution in [0, 0.1) is 12.8 Å². The van der Waals surface area contributed by atoms with Gasteiger partial charge in [0.05, 0.1) is 6.54 Å². The fraction of sp³-hybridized carbons (Fsp3) is 0.846. The van der Waals surface area contributed by atoms with Crippen LogP contribution in [-0.2, 0) is 6.54 Å². The first-order valence-electron chi connectivity index (χ1n) is 6.86. The fourth-order valence-corrected chi connectivity index (χ4v) is 3.50. The van der Waals surface area contributed by atoms with Crippen LogP contribution in [0.1, 0.15) is 50.2 Å². The van der Waals surface area contributed by atoms with Crippen LogP contribution >= 0.6 is 0 Å². The van der Waals surface area contributed by atoms with Gasteiger partial charge in [0.25, 0.3) is 0 Å². The van der Waals surface area contributed by atoms with Crippen molar-refractivity contribution < 1.29 is 4.52 Å². The van der Waals surface area contributed by atoms with Crippen LogP contribution in [0.4, 0.5) is 0 Å². The van der Waals surface area contributed by atoms with E-state index in [-0.39, 0.29) is 0 Å². The first-order valence-corrected chi connectivity index (χ1v) is 6.86. The Kier molecular flexibility index (Phi) is 3.14. The van der Waals surface area contributed by atoms with Crippen LogP contribution < -0.4 is 0 Å². The Morgan fingerprint density at radius 3 is 2.88 bits per heavy atom. The molecule has 1 saturated carbocycles. The lowest BCUT2D eigenvalue weighted by molar-refractivity contribution is 0.0466. The van der Waals surface area contributed by atoms with E-state index in [2.05, 4.69) is 15.0 Å². The van der Waals surface area contributed by atoms with Crippen LogP contribution in [0.3, 0.4) is 0 Å². The van der Waals surface area contributed by atoms with Gasteiger partial charge in [-0.25, -0.2) is 0 Å². The maximum absolute atomic E-state index is 5.24. The highest BCUT2D eigenvalue weighted by Gasteiger charge is 2.33. The van der Waals surface area contributed by atoms with Crippen LogP contribution in [0.5, 0.6) is 0 Å². The second-order valence-corrected chi connectivity index (χ2v) is 5.46. The fourth-order valence-electron chi connectivity index (χ4n) is 3.50. The Bertz CT molecular complexity index is 374. The molecule has 4 nitrogen and oxygen atoms in total. The van der Waals surface area contributed by atoms with Gasteiger partial charge >= 0.3 is 0 Å². The topological polar surface area (TPSA) is 42.2 Å².